The van der Waals surface area contributed by atoms with Crippen molar-refractivity contribution in [2.45, 2.75) is 47.0 Å². The molecule has 1 heterocycles. The summed E-state index contributed by atoms with van der Waals surface area (Å²) in [5, 5.41) is 5.14. The predicted octanol–water partition coefficient (Wildman–Crippen LogP) is 16.0. The second kappa shape index (κ2) is 17.8. The summed E-state index contributed by atoms with van der Waals surface area (Å²) in [6, 6.07) is 68.1. The van der Waals surface area contributed by atoms with E-state index in [1.54, 1.807) is 0 Å². The minimum Gasteiger partial charge on any atom is -0.309 e. The summed E-state index contributed by atoms with van der Waals surface area (Å²) in [6.45, 7) is 10.6. The molecule has 56 heavy (non-hydrogen) atoms. The average molecular weight is 726 g/mol. The van der Waals surface area contributed by atoms with Crippen molar-refractivity contribution >= 4 is 32.6 Å². The molecular weight excluding hydrogens is 675 g/mol. The second-order valence-electron chi connectivity index (χ2n) is 14.5. The summed E-state index contributed by atoms with van der Waals surface area (Å²) in [5.41, 5.74) is 13.8. The second-order valence-corrected chi connectivity index (χ2v) is 14.5. The summed E-state index contributed by atoms with van der Waals surface area (Å²) >= 11 is 0. The summed E-state index contributed by atoms with van der Waals surface area (Å²) in [5.74, 6) is 0.585. The Labute approximate surface area is 333 Å². The number of hydrogen-bond donors (Lipinski definition) is 0. The topological polar surface area (TPSA) is 4.93 Å². The van der Waals surface area contributed by atoms with Crippen LogP contribution in [0.5, 0.6) is 0 Å². The van der Waals surface area contributed by atoms with E-state index in [-0.39, 0.29) is 0 Å². The number of nitrogens with zero attached hydrogens (tertiary/aromatic N) is 1. The van der Waals surface area contributed by atoms with Crippen LogP contribution in [-0.4, -0.2) is 4.57 Å². The predicted molar refractivity (Wildman–Crippen MR) is 245 cm³/mol. The highest BCUT2D eigenvalue weighted by atomic mass is 15.0. The third kappa shape index (κ3) is 8.14. The SMILES string of the molecule is C/C=C\C.CCC(C)c1ccc(-c2ccc(-c3cccc4c3c3c5ccccc5ccc3n4-c3ccc(-c4ccccc4)cc3)cc2)cc1.Cc1ccccc1. The minimum atomic E-state index is 0.585. The van der Waals surface area contributed by atoms with E-state index in [4.69, 9.17) is 0 Å². The van der Waals surface area contributed by atoms with Crippen LogP contribution in [0.25, 0.3) is 71.6 Å². The van der Waals surface area contributed by atoms with Crippen LogP contribution in [-0.2, 0) is 0 Å². The quantitative estimate of drug-likeness (QED) is 0.150. The van der Waals surface area contributed by atoms with E-state index < -0.39 is 0 Å². The molecule has 0 aliphatic carbocycles. The average Bonchev–Trinajstić information content (AvgIpc) is 3.62. The molecule has 0 fully saturated rings. The van der Waals surface area contributed by atoms with Gasteiger partial charge in [0, 0.05) is 16.5 Å². The molecule has 0 aliphatic rings. The van der Waals surface area contributed by atoms with Gasteiger partial charge in [0.1, 0.15) is 0 Å². The monoisotopic (exact) mass is 725 g/mol. The normalized spacial score (nSPS) is 11.6. The van der Waals surface area contributed by atoms with Crippen molar-refractivity contribution < 1.29 is 0 Å². The molecule has 0 saturated carbocycles. The van der Waals surface area contributed by atoms with Gasteiger partial charge in [-0.25, -0.2) is 0 Å². The molecule has 1 unspecified atom stereocenters. The lowest BCUT2D eigenvalue weighted by Crippen LogP contribution is -1.94. The Morgan fingerprint density at radius 1 is 0.464 bits per heavy atom. The van der Waals surface area contributed by atoms with E-state index in [0.29, 0.717) is 5.92 Å². The third-order valence-electron chi connectivity index (χ3n) is 10.8. The molecule has 0 saturated heterocycles. The molecule has 8 aromatic carbocycles. The third-order valence-corrected chi connectivity index (χ3v) is 10.8. The molecule has 1 aromatic heterocycles. The summed E-state index contributed by atoms with van der Waals surface area (Å²) in [7, 11) is 0. The number of fused-ring (bicyclic) bond motifs is 5. The van der Waals surface area contributed by atoms with Gasteiger partial charge in [-0.2, -0.15) is 0 Å². The van der Waals surface area contributed by atoms with Crippen LogP contribution in [0.1, 0.15) is 51.2 Å². The zero-order valence-corrected chi connectivity index (χ0v) is 33.3. The first-order valence-corrected chi connectivity index (χ1v) is 19.9. The fourth-order valence-corrected chi connectivity index (χ4v) is 7.40. The Hall–Kier alpha value is -6.44. The lowest BCUT2D eigenvalue weighted by molar-refractivity contribution is 0.734. The molecule has 0 radical (unpaired) electrons. The van der Waals surface area contributed by atoms with Crippen molar-refractivity contribution in [3.63, 3.8) is 0 Å². The summed E-state index contributed by atoms with van der Waals surface area (Å²) in [6.07, 6.45) is 5.16. The maximum atomic E-state index is 2.43. The smallest absolute Gasteiger partial charge is 0.0547 e. The van der Waals surface area contributed by atoms with Crippen LogP contribution in [0.3, 0.4) is 0 Å². The van der Waals surface area contributed by atoms with Crippen LogP contribution in [0.2, 0.25) is 0 Å². The molecule has 0 amide bonds. The van der Waals surface area contributed by atoms with Gasteiger partial charge >= 0.3 is 0 Å². The van der Waals surface area contributed by atoms with Crippen LogP contribution >= 0.6 is 0 Å². The highest BCUT2D eigenvalue weighted by Crippen LogP contribution is 2.42. The van der Waals surface area contributed by atoms with E-state index in [2.05, 4.69) is 195 Å². The Balaban J connectivity index is 0.000000382. The number of aryl methyl sites for hydroxylation is 1. The summed E-state index contributed by atoms with van der Waals surface area (Å²) in [4.78, 5) is 0. The maximum absolute atomic E-state index is 2.43. The largest absolute Gasteiger partial charge is 0.309 e. The molecule has 0 spiro atoms. The minimum absolute atomic E-state index is 0.585. The van der Waals surface area contributed by atoms with Crippen molar-refractivity contribution in [1.29, 1.82) is 0 Å². The van der Waals surface area contributed by atoms with E-state index in [1.165, 1.54) is 82.8 Å². The van der Waals surface area contributed by atoms with E-state index in [1.807, 2.05) is 44.2 Å². The molecule has 0 bridgehead atoms. The molecule has 1 atom stereocenters. The Morgan fingerprint density at radius 2 is 0.982 bits per heavy atom. The van der Waals surface area contributed by atoms with Crippen LogP contribution in [0.4, 0.5) is 0 Å². The van der Waals surface area contributed by atoms with Gasteiger partial charge in [0.15, 0.2) is 0 Å². The first kappa shape index (κ1) is 37.9. The molecule has 1 heteroatoms. The van der Waals surface area contributed by atoms with Gasteiger partial charge in [0.05, 0.1) is 11.0 Å². The molecule has 1 nitrogen and oxygen atoms in total. The van der Waals surface area contributed by atoms with Crippen molar-refractivity contribution in [2.75, 3.05) is 0 Å². The van der Waals surface area contributed by atoms with Gasteiger partial charge < -0.3 is 4.57 Å². The number of benzene rings is 8. The van der Waals surface area contributed by atoms with Crippen molar-refractivity contribution in [1.82, 2.24) is 4.57 Å². The lowest BCUT2D eigenvalue weighted by Gasteiger charge is -2.11. The first-order valence-electron chi connectivity index (χ1n) is 19.9. The van der Waals surface area contributed by atoms with Gasteiger partial charge in [-0.15, -0.1) is 0 Å². The van der Waals surface area contributed by atoms with Gasteiger partial charge in [-0.3, -0.25) is 0 Å². The first-order chi connectivity index (χ1) is 27.5. The molecular formula is C55H51N. The standard InChI is InChI=1S/C44H35N.C7H8.C4H8/c1-3-30(2)31-16-18-33(19-17-31)34-20-22-37(23-21-34)40-14-9-15-41-43(40)44-39-13-8-7-12-36(39)26-29-42(44)45(41)38-27-24-35(25-28-38)32-10-5-4-6-11-32;1-7-5-3-2-4-6-7;1-3-4-2/h4-30H,3H2,1-2H3;2-6H,1H3;3-4H,1-2H3/b;;4-3-. The number of hydrogen-bond acceptors (Lipinski definition) is 0. The highest BCUT2D eigenvalue weighted by molar-refractivity contribution is 6.25. The molecule has 9 aromatic rings. The molecule has 9 rings (SSSR count). The van der Waals surface area contributed by atoms with Crippen molar-refractivity contribution in [2.24, 2.45) is 0 Å². The van der Waals surface area contributed by atoms with Gasteiger partial charge in [-0.1, -0.05) is 195 Å². The Bertz CT molecular complexity index is 2660. The highest BCUT2D eigenvalue weighted by Gasteiger charge is 2.18. The molecule has 276 valence electrons. The summed E-state index contributed by atoms with van der Waals surface area (Å²) < 4.78 is 2.43. The Morgan fingerprint density at radius 3 is 1.57 bits per heavy atom. The van der Waals surface area contributed by atoms with E-state index in [0.717, 1.165) is 6.42 Å². The van der Waals surface area contributed by atoms with Crippen LogP contribution in [0, 0.1) is 6.92 Å². The number of aromatic nitrogens is 1. The van der Waals surface area contributed by atoms with E-state index >= 15 is 0 Å². The zero-order valence-electron chi connectivity index (χ0n) is 33.3. The van der Waals surface area contributed by atoms with Crippen LogP contribution in [0.15, 0.2) is 200 Å². The molecule has 0 aliphatic heterocycles. The van der Waals surface area contributed by atoms with Crippen molar-refractivity contribution in [3.8, 4) is 39.1 Å². The maximum Gasteiger partial charge on any atom is 0.0547 e. The van der Waals surface area contributed by atoms with Gasteiger partial charge in [-0.05, 0) is 107 Å². The Kier molecular flexibility index (Phi) is 12.0. The van der Waals surface area contributed by atoms with Crippen molar-refractivity contribution in [3.05, 3.63) is 211 Å². The molecule has 0 N–H and O–H groups in total. The zero-order chi connectivity index (χ0) is 38.9. The van der Waals surface area contributed by atoms with E-state index in [9.17, 15) is 0 Å². The fourth-order valence-electron chi connectivity index (χ4n) is 7.40. The lowest BCUT2D eigenvalue weighted by atomic mass is 9.94. The number of allylic oxidation sites excluding steroid dienone is 2. The van der Waals surface area contributed by atoms with Crippen LogP contribution < -0.4 is 0 Å². The number of rotatable bonds is 6. The van der Waals surface area contributed by atoms with Gasteiger partial charge in [0.25, 0.3) is 0 Å². The van der Waals surface area contributed by atoms with Gasteiger partial charge in [0.2, 0.25) is 0 Å². The fraction of sp³-hybridized carbons (Fsp3) is 0.127.